The van der Waals surface area contributed by atoms with Gasteiger partial charge in [0.05, 0.1) is 24.8 Å². The topological polar surface area (TPSA) is 90.8 Å². The van der Waals surface area contributed by atoms with Crippen molar-refractivity contribution in [2.45, 2.75) is 62.4 Å². The molecule has 1 aromatic heterocycles. The number of aliphatic hydroxyl groups excluding tert-OH is 1. The van der Waals surface area contributed by atoms with Gasteiger partial charge in [0.15, 0.2) is 0 Å². The Morgan fingerprint density at radius 1 is 1.09 bits per heavy atom. The number of ether oxygens (including phenoxy) is 1. The molecule has 0 radical (unpaired) electrons. The molecule has 0 bridgehead atoms. The van der Waals surface area contributed by atoms with Crippen molar-refractivity contribution in [3.8, 4) is 0 Å². The van der Waals surface area contributed by atoms with Gasteiger partial charge in [-0.1, -0.05) is 24.3 Å². The molecule has 2 aromatic rings. The number of anilines is 1. The summed E-state index contributed by atoms with van der Waals surface area (Å²) >= 11 is 0. The standard InChI is InChI=1S/C25H31N5O3/c31-22-14-29(25-27-12-18(13-28-25)16-5-6-16)9-7-21(22)30-10-8-23(24(30)32)33-15-20-19-4-2-1-3-17(19)11-26-20/h1-4,12-13,16,20-23,26,31H,5-11,14-15H2. The zero-order chi connectivity index (χ0) is 22.4. The van der Waals surface area contributed by atoms with Crippen LogP contribution < -0.4 is 10.2 Å². The van der Waals surface area contributed by atoms with Crippen molar-refractivity contribution >= 4 is 11.9 Å². The number of fused-ring (bicyclic) bond motifs is 1. The average molecular weight is 450 g/mol. The number of rotatable bonds is 6. The third-order valence-electron chi connectivity index (χ3n) is 7.56. The van der Waals surface area contributed by atoms with Crippen LogP contribution in [-0.2, 0) is 16.1 Å². The van der Waals surface area contributed by atoms with Crippen molar-refractivity contribution in [2.24, 2.45) is 0 Å². The van der Waals surface area contributed by atoms with Gasteiger partial charge in [0.25, 0.3) is 5.91 Å². The molecule has 3 aliphatic heterocycles. The Morgan fingerprint density at radius 3 is 2.70 bits per heavy atom. The molecule has 4 atom stereocenters. The fourth-order valence-electron chi connectivity index (χ4n) is 5.48. The number of carbonyl (C=O) groups is 1. The van der Waals surface area contributed by atoms with Gasteiger partial charge in [-0.25, -0.2) is 9.97 Å². The lowest BCUT2D eigenvalue weighted by Crippen LogP contribution is -2.55. The van der Waals surface area contributed by atoms with Crippen LogP contribution in [0.25, 0.3) is 0 Å². The van der Waals surface area contributed by atoms with Gasteiger partial charge in [-0.2, -0.15) is 0 Å². The van der Waals surface area contributed by atoms with Gasteiger partial charge in [0.1, 0.15) is 6.10 Å². The maximum absolute atomic E-state index is 13.1. The van der Waals surface area contributed by atoms with Crippen molar-refractivity contribution in [3.05, 3.63) is 53.3 Å². The number of nitrogens with zero attached hydrogens (tertiary/aromatic N) is 4. The maximum Gasteiger partial charge on any atom is 0.252 e. The van der Waals surface area contributed by atoms with Gasteiger partial charge >= 0.3 is 0 Å². The highest BCUT2D eigenvalue weighted by Crippen LogP contribution is 2.39. The lowest BCUT2D eigenvalue weighted by atomic mass is 10.0. The summed E-state index contributed by atoms with van der Waals surface area (Å²) in [5, 5.41) is 14.4. The van der Waals surface area contributed by atoms with Gasteiger partial charge in [0.2, 0.25) is 5.95 Å². The molecule has 174 valence electrons. The molecule has 1 aromatic carbocycles. The summed E-state index contributed by atoms with van der Waals surface area (Å²) in [4.78, 5) is 26.0. The Labute approximate surface area is 194 Å². The summed E-state index contributed by atoms with van der Waals surface area (Å²) < 4.78 is 6.07. The SMILES string of the molecule is O=C1C(OCC2NCc3ccccc32)CCN1C1CCN(c2ncc(C3CC3)cn2)CC1O. The Morgan fingerprint density at radius 2 is 1.91 bits per heavy atom. The fraction of sp³-hybridized carbons (Fsp3) is 0.560. The zero-order valence-corrected chi connectivity index (χ0v) is 18.8. The minimum absolute atomic E-state index is 0.00354. The molecule has 33 heavy (non-hydrogen) atoms. The quantitative estimate of drug-likeness (QED) is 0.694. The van der Waals surface area contributed by atoms with Crippen LogP contribution >= 0.6 is 0 Å². The van der Waals surface area contributed by atoms with E-state index in [-0.39, 0.29) is 18.0 Å². The van der Waals surface area contributed by atoms with Crippen molar-refractivity contribution in [3.63, 3.8) is 0 Å². The second kappa shape index (κ2) is 8.66. The van der Waals surface area contributed by atoms with Crippen molar-refractivity contribution in [1.29, 1.82) is 0 Å². The van der Waals surface area contributed by atoms with E-state index in [2.05, 4.69) is 27.4 Å². The number of aromatic nitrogens is 2. The van der Waals surface area contributed by atoms with E-state index >= 15 is 0 Å². The number of β-amino-alcohol motifs (C(OH)–C–C–N with tert-alkyl or cyclic N) is 1. The molecule has 4 aliphatic rings. The summed E-state index contributed by atoms with van der Waals surface area (Å²) in [6.45, 7) is 3.11. The molecule has 4 heterocycles. The van der Waals surface area contributed by atoms with E-state index in [1.54, 1.807) is 0 Å². The number of likely N-dealkylation sites (tertiary alicyclic amines) is 1. The van der Waals surface area contributed by atoms with E-state index in [1.807, 2.05) is 34.3 Å². The largest absolute Gasteiger partial charge is 0.389 e. The van der Waals surface area contributed by atoms with Crippen LogP contribution in [0, 0.1) is 0 Å². The molecular formula is C25H31N5O3. The number of benzene rings is 1. The molecule has 8 nitrogen and oxygen atoms in total. The number of aliphatic hydroxyl groups is 1. The van der Waals surface area contributed by atoms with Crippen molar-refractivity contribution < 1.29 is 14.6 Å². The molecule has 4 unspecified atom stereocenters. The van der Waals surface area contributed by atoms with Gasteiger partial charge in [-0.05, 0) is 41.9 Å². The monoisotopic (exact) mass is 449 g/mol. The summed E-state index contributed by atoms with van der Waals surface area (Å²) in [5.74, 6) is 1.30. The van der Waals surface area contributed by atoms with Crippen LogP contribution in [-0.4, -0.2) is 70.4 Å². The van der Waals surface area contributed by atoms with Gasteiger partial charge in [-0.3, -0.25) is 4.79 Å². The lowest BCUT2D eigenvalue weighted by Gasteiger charge is -2.40. The highest BCUT2D eigenvalue weighted by Gasteiger charge is 2.42. The number of amides is 1. The van der Waals surface area contributed by atoms with Crippen LogP contribution in [0.1, 0.15) is 54.3 Å². The highest BCUT2D eigenvalue weighted by molar-refractivity contribution is 5.83. The van der Waals surface area contributed by atoms with E-state index in [4.69, 9.17) is 4.74 Å². The van der Waals surface area contributed by atoms with Crippen LogP contribution in [0.5, 0.6) is 0 Å². The Bertz CT molecular complexity index is 1010. The molecule has 1 amide bonds. The number of hydrogen-bond donors (Lipinski definition) is 2. The summed E-state index contributed by atoms with van der Waals surface area (Å²) in [6, 6.07) is 8.29. The summed E-state index contributed by atoms with van der Waals surface area (Å²) in [5.41, 5.74) is 3.76. The third-order valence-corrected chi connectivity index (χ3v) is 7.56. The van der Waals surface area contributed by atoms with Crippen LogP contribution in [0.4, 0.5) is 5.95 Å². The van der Waals surface area contributed by atoms with Crippen molar-refractivity contribution in [2.75, 3.05) is 31.1 Å². The average Bonchev–Trinajstić information content (AvgIpc) is 3.52. The predicted molar refractivity (Wildman–Crippen MR) is 123 cm³/mol. The van der Waals surface area contributed by atoms with Crippen molar-refractivity contribution in [1.82, 2.24) is 20.2 Å². The molecule has 2 saturated heterocycles. The molecule has 1 saturated carbocycles. The predicted octanol–water partition coefficient (Wildman–Crippen LogP) is 1.76. The molecule has 1 aliphatic carbocycles. The number of piperidine rings is 1. The van der Waals surface area contributed by atoms with Crippen LogP contribution in [0.2, 0.25) is 0 Å². The van der Waals surface area contributed by atoms with Gasteiger partial charge in [-0.15, -0.1) is 0 Å². The molecule has 3 fully saturated rings. The first-order chi connectivity index (χ1) is 16.2. The minimum Gasteiger partial charge on any atom is -0.389 e. The molecular weight excluding hydrogens is 418 g/mol. The first-order valence-electron chi connectivity index (χ1n) is 12.2. The Hall–Kier alpha value is -2.55. The van der Waals surface area contributed by atoms with Gasteiger partial charge in [0, 0.05) is 45.0 Å². The number of hydrogen-bond acceptors (Lipinski definition) is 7. The number of carbonyl (C=O) groups excluding carboxylic acids is 1. The first kappa shape index (κ1) is 21.0. The first-order valence-corrected chi connectivity index (χ1v) is 12.2. The van der Waals surface area contributed by atoms with Gasteiger partial charge < -0.3 is 25.0 Å². The van der Waals surface area contributed by atoms with Crippen LogP contribution in [0.3, 0.4) is 0 Å². The van der Waals surface area contributed by atoms with E-state index in [0.717, 1.165) is 13.1 Å². The normalized spacial score (nSPS) is 29.5. The molecule has 6 rings (SSSR count). The zero-order valence-electron chi connectivity index (χ0n) is 18.8. The minimum atomic E-state index is -0.628. The maximum atomic E-state index is 13.1. The summed E-state index contributed by atoms with van der Waals surface area (Å²) in [6.07, 6.45) is 6.61. The van der Waals surface area contributed by atoms with E-state index < -0.39 is 12.2 Å². The highest BCUT2D eigenvalue weighted by atomic mass is 16.5. The smallest absolute Gasteiger partial charge is 0.252 e. The van der Waals surface area contributed by atoms with E-state index in [0.29, 0.717) is 44.4 Å². The third kappa shape index (κ3) is 4.11. The Kier molecular flexibility index (Phi) is 5.52. The fourth-order valence-corrected chi connectivity index (χ4v) is 5.48. The molecule has 2 N–H and O–H groups in total. The lowest BCUT2D eigenvalue weighted by molar-refractivity contribution is -0.142. The van der Waals surface area contributed by atoms with E-state index in [9.17, 15) is 9.90 Å². The van der Waals surface area contributed by atoms with E-state index in [1.165, 1.54) is 29.5 Å². The summed E-state index contributed by atoms with van der Waals surface area (Å²) in [7, 11) is 0. The Balaban J connectivity index is 1.03. The number of nitrogens with one attached hydrogen (secondary N) is 1. The van der Waals surface area contributed by atoms with Crippen LogP contribution in [0.15, 0.2) is 36.7 Å². The second-order valence-electron chi connectivity index (χ2n) is 9.73. The molecule has 8 heteroatoms. The molecule has 0 spiro atoms. The second-order valence-corrected chi connectivity index (χ2v) is 9.73.